The van der Waals surface area contributed by atoms with Crippen LogP contribution >= 0.6 is 0 Å². The van der Waals surface area contributed by atoms with Gasteiger partial charge in [0.1, 0.15) is 6.61 Å². The molecule has 0 radical (unpaired) electrons. The van der Waals surface area contributed by atoms with E-state index in [-0.39, 0.29) is 18.0 Å². The van der Waals surface area contributed by atoms with Crippen molar-refractivity contribution in [3.8, 4) is 0 Å². The van der Waals surface area contributed by atoms with E-state index in [1.165, 1.54) is 19.1 Å². The highest BCUT2D eigenvalue weighted by atomic mass is 16.6. The number of carboxylic acids is 1. The quantitative estimate of drug-likeness (QED) is 0.367. The summed E-state index contributed by atoms with van der Waals surface area (Å²) in [7, 11) is 0. The minimum Gasteiger partial charge on any atom is -0.477 e. The molecule has 1 N–H and O–H groups in total. The number of hydrogen-bond acceptors (Lipinski definition) is 5. The summed E-state index contributed by atoms with van der Waals surface area (Å²) >= 11 is 0. The Bertz CT molecular complexity index is 537. The van der Waals surface area contributed by atoms with E-state index in [1.807, 2.05) is 0 Å². The predicted molar refractivity (Wildman–Crippen MR) is 68.8 cm³/mol. The van der Waals surface area contributed by atoms with Crippen molar-refractivity contribution < 1.29 is 19.7 Å². The molecule has 0 fully saturated rings. The lowest BCUT2D eigenvalue weighted by Gasteiger charge is -1.96. The molecule has 0 saturated heterocycles. The lowest BCUT2D eigenvalue weighted by Crippen LogP contribution is -2.08. The molecule has 0 aliphatic heterocycles. The molecular weight excluding hydrogens is 252 g/mol. The van der Waals surface area contributed by atoms with Gasteiger partial charge in [-0.05, 0) is 18.6 Å². The zero-order valence-corrected chi connectivity index (χ0v) is 10.1. The van der Waals surface area contributed by atoms with Gasteiger partial charge < -0.3 is 9.94 Å². The van der Waals surface area contributed by atoms with Crippen molar-refractivity contribution in [3.63, 3.8) is 0 Å². The first kappa shape index (κ1) is 14.4. The number of nitro benzene ring substituents is 1. The normalized spacial score (nSPS) is 11.5. The second kappa shape index (κ2) is 6.90. The van der Waals surface area contributed by atoms with Crippen LogP contribution in [0, 0.1) is 10.1 Å². The van der Waals surface area contributed by atoms with Gasteiger partial charge in [-0.2, -0.15) is 0 Å². The van der Waals surface area contributed by atoms with Crippen LogP contribution < -0.4 is 0 Å². The van der Waals surface area contributed by atoms with E-state index in [1.54, 1.807) is 24.3 Å². The molecule has 0 bridgehead atoms. The molecule has 1 aromatic carbocycles. The van der Waals surface area contributed by atoms with Gasteiger partial charge in [0, 0.05) is 12.1 Å². The van der Waals surface area contributed by atoms with Gasteiger partial charge in [-0.3, -0.25) is 10.1 Å². The highest BCUT2D eigenvalue weighted by Gasteiger charge is 2.03. The molecule has 0 aliphatic rings. The van der Waals surface area contributed by atoms with Crippen LogP contribution in [0.15, 0.2) is 35.5 Å². The minimum atomic E-state index is -1.15. The maximum absolute atomic E-state index is 10.6. The summed E-state index contributed by atoms with van der Waals surface area (Å²) in [5.41, 5.74) is 0.503. The van der Waals surface area contributed by atoms with Gasteiger partial charge in [0.05, 0.1) is 4.92 Å². The molecule has 0 saturated carbocycles. The van der Waals surface area contributed by atoms with Crippen LogP contribution in [0.2, 0.25) is 0 Å². The Labute approximate surface area is 109 Å². The lowest BCUT2D eigenvalue weighted by molar-refractivity contribution is -0.384. The van der Waals surface area contributed by atoms with E-state index in [0.717, 1.165) is 0 Å². The summed E-state index contributed by atoms with van der Waals surface area (Å²) in [5, 5.41) is 22.4. The van der Waals surface area contributed by atoms with E-state index in [0.29, 0.717) is 5.56 Å². The summed E-state index contributed by atoms with van der Waals surface area (Å²) < 4.78 is 0. The number of carboxylic acid groups (broad SMARTS) is 1. The van der Waals surface area contributed by atoms with Gasteiger partial charge in [-0.1, -0.05) is 23.4 Å². The number of benzene rings is 1. The molecule has 1 rings (SSSR count). The fourth-order valence-corrected chi connectivity index (χ4v) is 1.14. The molecule has 0 amide bonds. The molecule has 0 atom stereocenters. The maximum atomic E-state index is 10.6. The molecule has 7 nitrogen and oxygen atoms in total. The van der Waals surface area contributed by atoms with Crippen molar-refractivity contribution in [2.45, 2.75) is 6.92 Å². The number of hydrogen-bond donors (Lipinski definition) is 1. The smallest absolute Gasteiger partial charge is 0.353 e. The van der Waals surface area contributed by atoms with Crippen molar-refractivity contribution >= 4 is 23.4 Å². The van der Waals surface area contributed by atoms with Crippen molar-refractivity contribution in [3.05, 3.63) is 46.0 Å². The summed E-state index contributed by atoms with van der Waals surface area (Å²) in [6.07, 6.45) is 3.20. The summed E-state index contributed by atoms with van der Waals surface area (Å²) in [4.78, 5) is 25.2. The van der Waals surface area contributed by atoms with E-state index in [9.17, 15) is 14.9 Å². The van der Waals surface area contributed by atoms with Crippen LogP contribution in [0.5, 0.6) is 0 Å². The molecule has 0 heterocycles. The number of aliphatic carboxylic acids is 1. The van der Waals surface area contributed by atoms with E-state index >= 15 is 0 Å². The molecule has 0 aliphatic carbocycles. The van der Waals surface area contributed by atoms with Crippen molar-refractivity contribution in [2.24, 2.45) is 5.16 Å². The lowest BCUT2D eigenvalue weighted by atomic mass is 10.2. The number of oxime groups is 1. The van der Waals surface area contributed by atoms with Gasteiger partial charge in [-0.25, -0.2) is 4.79 Å². The monoisotopic (exact) mass is 264 g/mol. The molecule has 1 aromatic rings. The minimum absolute atomic E-state index is 0.00260. The Morgan fingerprint density at radius 1 is 1.58 bits per heavy atom. The second-order valence-electron chi connectivity index (χ2n) is 3.53. The summed E-state index contributed by atoms with van der Waals surface area (Å²) in [6.45, 7) is 1.39. The van der Waals surface area contributed by atoms with Crippen LogP contribution in [0.25, 0.3) is 6.08 Å². The van der Waals surface area contributed by atoms with Gasteiger partial charge in [0.2, 0.25) is 0 Å². The van der Waals surface area contributed by atoms with E-state index in [2.05, 4.69) is 5.16 Å². The third-order valence-electron chi connectivity index (χ3n) is 2.07. The first-order valence-electron chi connectivity index (χ1n) is 5.31. The first-order valence-corrected chi connectivity index (χ1v) is 5.31. The van der Waals surface area contributed by atoms with Crippen LogP contribution in [-0.4, -0.2) is 28.3 Å². The Hall–Kier alpha value is -2.70. The molecule has 0 spiro atoms. The SMILES string of the molecule is C/C(=N/OC/C=C/c1cccc([N+](=O)[O-])c1)C(=O)O. The average Bonchev–Trinajstić information content (AvgIpc) is 2.38. The summed E-state index contributed by atoms with van der Waals surface area (Å²) in [6, 6.07) is 6.09. The number of carbonyl (C=O) groups is 1. The first-order chi connectivity index (χ1) is 9.00. The highest BCUT2D eigenvalue weighted by Crippen LogP contribution is 2.13. The van der Waals surface area contributed by atoms with Crippen LogP contribution in [0.3, 0.4) is 0 Å². The molecule has 19 heavy (non-hydrogen) atoms. The Balaban J connectivity index is 2.54. The number of non-ortho nitro benzene ring substituents is 1. The van der Waals surface area contributed by atoms with Gasteiger partial charge in [-0.15, -0.1) is 0 Å². The Kier molecular flexibility index (Phi) is 5.21. The zero-order chi connectivity index (χ0) is 14.3. The largest absolute Gasteiger partial charge is 0.477 e. The third-order valence-corrected chi connectivity index (χ3v) is 2.07. The van der Waals surface area contributed by atoms with E-state index in [4.69, 9.17) is 9.94 Å². The molecule has 0 aromatic heterocycles. The van der Waals surface area contributed by atoms with Crippen LogP contribution in [0.4, 0.5) is 5.69 Å². The predicted octanol–water partition coefficient (Wildman–Crippen LogP) is 2.09. The summed E-state index contributed by atoms with van der Waals surface area (Å²) in [5.74, 6) is -1.15. The van der Waals surface area contributed by atoms with Crippen molar-refractivity contribution in [2.75, 3.05) is 6.61 Å². The Morgan fingerprint density at radius 3 is 2.95 bits per heavy atom. The molecule has 7 heteroatoms. The molecule has 0 unspecified atom stereocenters. The number of rotatable bonds is 6. The second-order valence-corrected chi connectivity index (χ2v) is 3.53. The third kappa shape index (κ3) is 4.99. The average molecular weight is 264 g/mol. The topological polar surface area (TPSA) is 102 Å². The van der Waals surface area contributed by atoms with Crippen molar-refractivity contribution in [1.82, 2.24) is 0 Å². The number of nitro groups is 1. The molecule has 100 valence electrons. The number of nitrogens with zero attached hydrogens (tertiary/aromatic N) is 2. The van der Waals surface area contributed by atoms with Crippen molar-refractivity contribution in [1.29, 1.82) is 0 Å². The van der Waals surface area contributed by atoms with Gasteiger partial charge in [0.15, 0.2) is 5.71 Å². The van der Waals surface area contributed by atoms with Gasteiger partial charge in [0.25, 0.3) is 5.69 Å². The Morgan fingerprint density at radius 2 is 2.32 bits per heavy atom. The zero-order valence-electron chi connectivity index (χ0n) is 10.1. The fraction of sp³-hybridized carbons (Fsp3) is 0.167. The standard InChI is InChI=1S/C12H12N2O5/c1-9(12(15)16)13-19-7-3-5-10-4-2-6-11(8-10)14(17)18/h2-6,8H,7H2,1H3,(H,15,16)/b5-3+,13-9-. The highest BCUT2D eigenvalue weighted by molar-refractivity contribution is 6.34. The van der Waals surface area contributed by atoms with Gasteiger partial charge >= 0.3 is 5.97 Å². The van der Waals surface area contributed by atoms with Crippen LogP contribution in [0.1, 0.15) is 12.5 Å². The van der Waals surface area contributed by atoms with Crippen LogP contribution in [-0.2, 0) is 9.63 Å². The maximum Gasteiger partial charge on any atom is 0.353 e. The van der Waals surface area contributed by atoms with E-state index < -0.39 is 10.9 Å². The molecular formula is C12H12N2O5. The fourth-order valence-electron chi connectivity index (χ4n) is 1.14.